The normalized spacial score (nSPS) is 16.4. The lowest BCUT2D eigenvalue weighted by Gasteiger charge is -2.17. The average Bonchev–Trinajstić information content (AvgIpc) is 3.25. The summed E-state index contributed by atoms with van der Waals surface area (Å²) in [5.41, 5.74) is 3.69. The van der Waals surface area contributed by atoms with Gasteiger partial charge in [-0.3, -0.25) is 0 Å². The van der Waals surface area contributed by atoms with Gasteiger partial charge in [0, 0.05) is 24.7 Å². The van der Waals surface area contributed by atoms with E-state index in [2.05, 4.69) is 10.00 Å². The number of anilines is 1. The van der Waals surface area contributed by atoms with Crippen molar-refractivity contribution in [3.63, 3.8) is 0 Å². The van der Waals surface area contributed by atoms with Crippen molar-refractivity contribution < 1.29 is 9.53 Å². The second kappa shape index (κ2) is 7.15. The van der Waals surface area contributed by atoms with Crippen LogP contribution in [0.2, 0.25) is 0 Å². The highest BCUT2D eigenvalue weighted by molar-refractivity contribution is 5.92. The third-order valence-electron chi connectivity index (χ3n) is 5.51. The monoisotopic (exact) mass is 373 g/mol. The molecular formula is C23H23N3O2. The minimum Gasteiger partial charge on any atom is -0.423 e. The molecule has 0 N–H and O–H groups in total. The van der Waals surface area contributed by atoms with Crippen LogP contribution in [-0.4, -0.2) is 28.8 Å². The van der Waals surface area contributed by atoms with Crippen LogP contribution in [0.1, 0.15) is 47.7 Å². The molecule has 2 heterocycles. The molecule has 5 heteroatoms. The van der Waals surface area contributed by atoms with Gasteiger partial charge in [-0.2, -0.15) is 5.10 Å². The number of aromatic nitrogens is 2. The van der Waals surface area contributed by atoms with E-state index in [0.717, 1.165) is 37.3 Å². The molecule has 2 aromatic carbocycles. The first kappa shape index (κ1) is 17.0. The fourth-order valence-corrected chi connectivity index (χ4v) is 3.90. The first-order valence-electron chi connectivity index (χ1n) is 10.00. The maximum Gasteiger partial charge on any atom is 0.347 e. The van der Waals surface area contributed by atoms with Crippen molar-refractivity contribution in [3.8, 4) is 11.4 Å². The molecule has 28 heavy (non-hydrogen) atoms. The van der Waals surface area contributed by atoms with Gasteiger partial charge in [0.2, 0.25) is 0 Å². The van der Waals surface area contributed by atoms with Gasteiger partial charge in [-0.25, -0.2) is 9.48 Å². The number of para-hydroxylation sites is 1. The highest BCUT2D eigenvalue weighted by Crippen LogP contribution is 2.42. The van der Waals surface area contributed by atoms with E-state index in [1.807, 2.05) is 59.3 Å². The lowest BCUT2D eigenvalue weighted by molar-refractivity contribution is 0.0733. The van der Waals surface area contributed by atoms with E-state index in [-0.39, 0.29) is 5.97 Å². The molecule has 5 rings (SSSR count). The molecule has 2 fully saturated rings. The van der Waals surface area contributed by atoms with Gasteiger partial charge < -0.3 is 9.64 Å². The molecule has 1 aliphatic carbocycles. The van der Waals surface area contributed by atoms with E-state index >= 15 is 0 Å². The van der Waals surface area contributed by atoms with E-state index in [1.165, 1.54) is 18.5 Å². The first-order valence-corrected chi connectivity index (χ1v) is 10.00. The van der Waals surface area contributed by atoms with Gasteiger partial charge in [-0.1, -0.05) is 18.2 Å². The van der Waals surface area contributed by atoms with Gasteiger partial charge in [0.1, 0.15) is 11.3 Å². The van der Waals surface area contributed by atoms with E-state index in [9.17, 15) is 4.79 Å². The topological polar surface area (TPSA) is 47.4 Å². The van der Waals surface area contributed by atoms with Crippen molar-refractivity contribution in [2.24, 2.45) is 0 Å². The van der Waals surface area contributed by atoms with Crippen LogP contribution in [0.3, 0.4) is 0 Å². The molecule has 0 atom stereocenters. The number of hydrogen-bond donors (Lipinski definition) is 0. The summed E-state index contributed by atoms with van der Waals surface area (Å²) in [7, 11) is 0. The molecular weight excluding hydrogens is 350 g/mol. The molecule has 1 saturated heterocycles. The van der Waals surface area contributed by atoms with Crippen molar-refractivity contribution in [3.05, 3.63) is 72.1 Å². The summed E-state index contributed by atoms with van der Waals surface area (Å²) in [4.78, 5) is 15.2. The van der Waals surface area contributed by atoms with Gasteiger partial charge in [0.25, 0.3) is 0 Å². The number of carbonyl (C=O) groups is 1. The van der Waals surface area contributed by atoms with Crippen molar-refractivity contribution in [2.75, 3.05) is 18.0 Å². The first-order chi connectivity index (χ1) is 13.8. The van der Waals surface area contributed by atoms with Crippen molar-refractivity contribution in [1.82, 2.24) is 9.78 Å². The highest BCUT2D eigenvalue weighted by Gasteiger charge is 2.33. The highest BCUT2D eigenvalue weighted by atomic mass is 16.5. The van der Waals surface area contributed by atoms with Crippen molar-refractivity contribution >= 4 is 11.7 Å². The Hall–Kier alpha value is -3.08. The summed E-state index contributed by atoms with van der Waals surface area (Å²) in [6.07, 6.45) is 6.30. The van der Waals surface area contributed by atoms with Gasteiger partial charge in [-0.15, -0.1) is 0 Å². The average molecular weight is 373 g/mol. The minimum atomic E-state index is -0.335. The zero-order chi connectivity index (χ0) is 18.9. The van der Waals surface area contributed by atoms with Crippen molar-refractivity contribution in [2.45, 2.75) is 31.6 Å². The second-order valence-corrected chi connectivity index (χ2v) is 7.54. The van der Waals surface area contributed by atoms with E-state index in [0.29, 0.717) is 17.2 Å². The van der Waals surface area contributed by atoms with Gasteiger partial charge in [-0.05, 0) is 62.1 Å². The van der Waals surface area contributed by atoms with Crippen LogP contribution in [0, 0.1) is 0 Å². The number of nitrogens with zero attached hydrogens (tertiary/aromatic N) is 3. The number of carbonyl (C=O) groups excluding carboxylic acids is 1. The Kier molecular flexibility index (Phi) is 4.35. The Morgan fingerprint density at radius 3 is 2.32 bits per heavy atom. The lowest BCUT2D eigenvalue weighted by Crippen LogP contribution is -2.17. The summed E-state index contributed by atoms with van der Waals surface area (Å²) in [6, 6.07) is 17.8. The molecule has 0 spiro atoms. The Bertz CT molecular complexity index is 969. The third kappa shape index (κ3) is 3.28. The Morgan fingerprint density at radius 1 is 0.929 bits per heavy atom. The number of rotatable bonds is 5. The van der Waals surface area contributed by atoms with Crippen LogP contribution < -0.4 is 9.64 Å². The number of ether oxygens (including phenoxy) is 1. The molecule has 5 nitrogen and oxygen atoms in total. The molecule has 1 aliphatic heterocycles. The lowest BCUT2D eigenvalue weighted by atomic mass is 10.1. The summed E-state index contributed by atoms with van der Waals surface area (Å²) < 4.78 is 7.55. The molecule has 2 aliphatic rings. The smallest absolute Gasteiger partial charge is 0.347 e. The van der Waals surface area contributed by atoms with E-state index in [1.54, 1.807) is 6.20 Å². The Labute approximate surface area is 164 Å². The zero-order valence-corrected chi connectivity index (χ0v) is 15.8. The van der Waals surface area contributed by atoms with Crippen LogP contribution >= 0.6 is 0 Å². The molecule has 1 saturated carbocycles. The molecule has 142 valence electrons. The fourth-order valence-electron chi connectivity index (χ4n) is 3.90. The minimum absolute atomic E-state index is 0.335. The number of hydrogen-bond acceptors (Lipinski definition) is 4. The maximum atomic E-state index is 12.9. The predicted octanol–water partition coefficient (Wildman–Crippen LogP) is 4.57. The second-order valence-electron chi connectivity index (χ2n) is 7.54. The predicted molar refractivity (Wildman–Crippen MR) is 108 cm³/mol. The van der Waals surface area contributed by atoms with Gasteiger partial charge in [0.05, 0.1) is 17.6 Å². The largest absolute Gasteiger partial charge is 0.423 e. The van der Waals surface area contributed by atoms with Gasteiger partial charge in [0.15, 0.2) is 0 Å². The summed E-state index contributed by atoms with van der Waals surface area (Å²) in [5.74, 6) is 0.614. The molecule has 0 bridgehead atoms. The van der Waals surface area contributed by atoms with E-state index in [4.69, 9.17) is 4.74 Å². The molecule has 0 amide bonds. The van der Waals surface area contributed by atoms with Crippen LogP contribution in [-0.2, 0) is 0 Å². The summed E-state index contributed by atoms with van der Waals surface area (Å²) in [5, 5.41) is 4.49. The standard InChI is InChI=1S/C23H23N3O2/c27-23(28-20-12-10-18(11-13-20)25-14-4-5-15-25)21-16-24-26(22(21)17-8-9-17)19-6-2-1-3-7-19/h1-3,6-7,10-13,16-17H,4-5,8-9,14-15H2. The van der Waals surface area contributed by atoms with Gasteiger partial charge >= 0.3 is 5.97 Å². The van der Waals surface area contributed by atoms with Crippen LogP contribution in [0.25, 0.3) is 5.69 Å². The maximum absolute atomic E-state index is 12.9. The molecule has 0 unspecified atom stereocenters. The Morgan fingerprint density at radius 2 is 1.64 bits per heavy atom. The van der Waals surface area contributed by atoms with E-state index < -0.39 is 0 Å². The van der Waals surface area contributed by atoms with Crippen LogP contribution in [0.15, 0.2) is 60.8 Å². The van der Waals surface area contributed by atoms with Crippen LogP contribution in [0.4, 0.5) is 5.69 Å². The number of esters is 1. The fraction of sp³-hybridized carbons (Fsp3) is 0.304. The SMILES string of the molecule is O=C(Oc1ccc(N2CCCC2)cc1)c1cnn(-c2ccccc2)c1C1CC1. The Balaban J connectivity index is 1.37. The summed E-state index contributed by atoms with van der Waals surface area (Å²) in [6.45, 7) is 2.20. The molecule has 1 aromatic heterocycles. The quantitative estimate of drug-likeness (QED) is 0.486. The van der Waals surface area contributed by atoms with Crippen molar-refractivity contribution in [1.29, 1.82) is 0 Å². The number of benzene rings is 2. The summed E-state index contributed by atoms with van der Waals surface area (Å²) >= 11 is 0. The third-order valence-corrected chi connectivity index (χ3v) is 5.51. The molecule has 3 aromatic rings. The zero-order valence-electron chi connectivity index (χ0n) is 15.8. The molecule has 0 radical (unpaired) electrons. The van der Waals surface area contributed by atoms with Crippen LogP contribution in [0.5, 0.6) is 5.75 Å².